The van der Waals surface area contributed by atoms with Gasteiger partial charge in [0.1, 0.15) is 4.88 Å². The Kier molecular flexibility index (Phi) is 3.82. The lowest BCUT2D eigenvalue weighted by Crippen LogP contribution is -2.18. The van der Waals surface area contributed by atoms with Crippen LogP contribution in [0.4, 0.5) is 0 Å². The highest BCUT2D eigenvalue weighted by atomic mass is 35.5. The van der Waals surface area contributed by atoms with Gasteiger partial charge in [0.15, 0.2) is 0 Å². The van der Waals surface area contributed by atoms with Crippen LogP contribution in [0.1, 0.15) is 9.67 Å². The minimum absolute atomic E-state index is 0.0797. The molecular weight excluding hydrogens is 304 g/mol. The largest absolute Gasteiger partial charge is 0.354 e. The average molecular weight is 317 g/mol. The Balaban J connectivity index is 2.19. The van der Waals surface area contributed by atoms with Crippen molar-refractivity contribution in [3.8, 4) is 16.8 Å². The van der Waals surface area contributed by atoms with Gasteiger partial charge in [-0.3, -0.25) is 4.79 Å². The Morgan fingerprint density at radius 2 is 1.86 bits per heavy atom. The first-order valence-electron chi connectivity index (χ1n) is 6.43. The number of carbonyl (C=O) groups excluding carboxylic acids is 1. The molecule has 106 valence electrons. The molecule has 1 amide bonds. The second-order valence-corrected chi connectivity index (χ2v) is 5.82. The molecular formula is C16H13ClN2OS. The smallest absolute Gasteiger partial charge is 0.263 e. The van der Waals surface area contributed by atoms with Gasteiger partial charge in [-0.05, 0) is 29.8 Å². The summed E-state index contributed by atoms with van der Waals surface area (Å²) < 4.78 is 1.96. The van der Waals surface area contributed by atoms with Crippen molar-refractivity contribution < 1.29 is 4.79 Å². The third-order valence-electron chi connectivity index (χ3n) is 3.22. The van der Waals surface area contributed by atoms with Crippen LogP contribution in [0, 0.1) is 0 Å². The van der Waals surface area contributed by atoms with Crippen molar-refractivity contribution >= 4 is 28.8 Å². The van der Waals surface area contributed by atoms with Crippen molar-refractivity contribution in [1.82, 2.24) is 9.88 Å². The molecule has 0 saturated heterocycles. The molecule has 3 rings (SSSR count). The van der Waals surface area contributed by atoms with Crippen LogP contribution in [0.3, 0.4) is 0 Å². The van der Waals surface area contributed by atoms with Crippen LogP contribution in [0.25, 0.3) is 16.8 Å². The topological polar surface area (TPSA) is 34.0 Å². The highest BCUT2D eigenvalue weighted by Crippen LogP contribution is 2.35. The molecule has 1 aromatic carbocycles. The molecule has 5 heteroatoms. The van der Waals surface area contributed by atoms with Crippen LogP contribution in [0.2, 0.25) is 5.02 Å². The fourth-order valence-electron chi connectivity index (χ4n) is 2.20. The van der Waals surface area contributed by atoms with E-state index in [1.807, 2.05) is 58.7 Å². The third kappa shape index (κ3) is 2.60. The van der Waals surface area contributed by atoms with Crippen LogP contribution in [-0.2, 0) is 0 Å². The maximum Gasteiger partial charge on any atom is 0.263 e. The molecule has 2 aromatic heterocycles. The van der Waals surface area contributed by atoms with E-state index in [2.05, 4.69) is 5.32 Å². The minimum Gasteiger partial charge on any atom is -0.354 e. The number of aromatic nitrogens is 1. The Morgan fingerprint density at radius 1 is 1.19 bits per heavy atom. The molecule has 0 radical (unpaired) electrons. The van der Waals surface area contributed by atoms with Crippen LogP contribution < -0.4 is 5.32 Å². The fourth-order valence-corrected chi connectivity index (χ4v) is 3.35. The summed E-state index contributed by atoms with van der Waals surface area (Å²) in [5, 5.41) is 5.39. The molecule has 2 heterocycles. The molecule has 0 unspecified atom stereocenters. The zero-order valence-corrected chi connectivity index (χ0v) is 12.9. The minimum atomic E-state index is -0.0797. The summed E-state index contributed by atoms with van der Waals surface area (Å²) in [6.45, 7) is 0. The summed E-state index contributed by atoms with van der Waals surface area (Å²) in [7, 11) is 1.64. The highest BCUT2D eigenvalue weighted by molar-refractivity contribution is 7.13. The molecule has 21 heavy (non-hydrogen) atoms. The van der Waals surface area contributed by atoms with E-state index in [1.165, 1.54) is 11.3 Å². The number of benzene rings is 1. The van der Waals surface area contributed by atoms with E-state index in [1.54, 1.807) is 7.05 Å². The molecule has 0 atom stereocenters. The van der Waals surface area contributed by atoms with Crippen molar-refractivity contribution in [2.45, 2.75) is 0 Å². The molecule has 3 aromatic rings. The van der Waals surface area contributed by atoms with Crippen molar-refractivity contribution in [2.75, 3.05) is 7.05 Å². The molecule has 0 saturated carbocycles. The molecule has 1 N–H and O–H groups in total. The maximum absolute atomic E-state index is 12.1. The monoisotopic (exact) mass is 316 g/mol. The molecule has 0 bridgehead atoms. The lowest BCUT2D eigenvalue weighted by molar-refractivity contribution is 0.0967. The van der Waals surface area contributed by atoms with Crippen LogP contribution in [0.15, 0.2) is 54.2 Å². The predicted molar refractivity (Wildman–Crippen MR) is 87.5 cm³/mol. The quantitative estimate of drug-likeness (QED) is 0.771. The molecule has 0 aliphatic carbocycles. The zero-order valence-electron chi connectivity index (χ0n) is 11.3. The van der Waals surface area contributed by atoms with Gasteiger partial charge in [0.05, 0.1) is 5.69 Å². The summed E-state index contributed by atoms with van der Waals surface area (Å²) in [6, 6.07) is 11.5. The number of hydrogen-bond acceptors (Lipinski definition) is 2. The van der Waals surface area contributed by atoms with Crippen LogP contribution in [0.5, 0.6) is 0 Å². The summed E-state index contributed by atoms with van der Waals surface area (Å²) in [5.74, 6) is -0.0797. The normalized spacial score (nSPS) is 10.6. The molecule has 0 aliphatic rings. The average Bonchev–Trinajstić information content (AvgIpc) is 3.15. The Labute approximate surface area is 131 Å². The van der Waals surface area contributed by atoms with E-state index in [0.717, 1.165) is 16.8 Å². The summed E-state index contributed by atoms with van der Waals surface area (Å²) in [4.78, 5) is 12.8. The van der Waals surface area contributed by atoms with Crippen molar-refractivity contribution in [2.24, 2.45) is 0 Å². The summed E-state index contributed by atoms with van der Waals surface area (Å²) in [5.41, 5.74) is 2.95. The van der Waals surface area contributed by atoms with E-state index in [0.29, 0.717) is 9.90 Å². The van der Waals surface area contributed by atoms with Gasteiger partial charge in [0.25, 0.3) is 5.91 Å². The number of nitrogens with zero attached hydrogens (tertiary/aromatic N) is 1. The Morgan fingerprint density at radius 3 is 2.48 bits per heavy atom. The number of nitrogens with one attached hydrogen (secondary N) is 1. The first kappa shape index (κ1) is 13.9. The number of carbonyl (C=O) groups is 1. The summed E-state index contributed by atoms with van der Waals surface area (Å²) in [6.07, 6.45) is 3.88. The lowest BCUT2D eigenvalue weighted by Gasteiger charge is -2.09. The molecule has 0 aliphatic heterocycles. The second kappa shape index (κ2) is 5.76. The second-order valence-electron chi connectivity index (χ2n) is 4.50. The van der Waals surface area contributed by atoms with E-state index in [4.69, 9.17) is 11.6 Å². The fraction of sp³-hybridized carbons (Fsp3) is 0.0625. The van der Waals surface area contributed by atoms with E-state index in [-0.39, 0.29) is 5.91 Å². The van der Waals surface area contributed by atoms with Gasteiger partial charge >= 0.3 is 0 Å². The number of rotatable bonds is 3. The number of halogens is 1. The van der Waals surface area contributed by atoms with Crippen LogP contribution >= 0.6 is 22.9 Å². The van der Waals surface area contributed by atoms with Gasteiger partial charge in [-0.15, -0.1) is 11.3 Å². The van der Waals surface area contributed by atoms with Gasteiger partial charge < -0.3 is 9.88 Å². The molecule has 0 fully saturated rings. The standard InChI is InChI=1S/C16H13ClN2OS/c1-18-16(20)15-14(19-8-2-3-9-19)13(10-21-15)11-4-6-12(17)7-5-11/h2-10H,1H3,(H,18,20). The highest BCUT2D eigenvalue weighted by Gasteiger charge is 2.19. The van der Waals surface area contributed by atoms with Crippen LogP contribution in [-0.4, -0.2) is 17.5 Å². The summed E-state index contributed by atoms with van der Waals surface area (Å²) >= 11 is 7.39. The maximum atomic E-state index is 12.1. The van der Waals surface area contributed by atoms with Gasteiger partial charge in [0.2, 0.25) is 0 Å². The number of amides is 1. The van der Waals surface area contributed by atoms with Gasteiger partial charge in [-0.1, -0.05) is 23.7 Å². The van der Waals surface area contributed by atoms with Gasteiger partial charge in [-0.2, -0.15) is 0 Å². The Hall–Kier alpha value is -2.04. The number of hydrogen-bond donors (Lipinski definition) is 1. The lowest BCUT2D eigenvalue weighted by atomic mass is 10.1. The molecule has 3 nitrogen and oxygen atoms in total. The zero-order chi connectivity index (χ0) is 14.8. The van der Waals surface area contributed by atoms with E-state index >= 15 is 0 Å². The SMILES string of the molecule is CNC(=O)c1scc(-c2ccc(Cl)cc2)c1-n1cccc1. The first-order chi connectivity index (χ1) is 10.2. The predicted octanol–water partition coefficient (Wildman–Crippen LogP) is 4.22. The van der Waals surface area contributed by atoms with E-state index in [9.17, 15) is 4.79 Å². The molecule has 0 spiro atoms. The third-order valence-corrected chi connectivity index (χ3v) is 4.44. The number of thiophene rings is 1. The van der Waals surface area contributed by atoms with Crippen molar-refractivity contribution in [3.63, 3.8) is 0 Å². The van der Waals surface area contributed by atoms with Gasteiger partial charge in [-0.25, -0.2) is 0 Å². The van der Waals surface area contributed by atoms with Crippen molar-refractivity contribution in [3.05, 3.63) is 64.1 Å². The Bertz CT molecular complexity index is 760. The van der Waals surface area contributed by atoms with Gasteiger partial charge in [0, 0.05) is 35.4 Å². The first-order valence-corrected chi connectivity index (χ1v) is 7.69. The van der Waals surface area contributed by atoms with Crippen molar-refractivity contribution in [1.29, 1.82) is 0 Å². The van der Waals surface area contributed by atoms with E-state index < -0.39 is 0 Å².